The minimum atomic E-state index is -0.952. The zero-order valence-corrected chi connectivity index (χ0v) is 18.3. The van der Waals surface area contributed by atoms with Crippen molar-refractivity contribution in [2.24, 2.45) is 5.29 Å². The highest BCUT2D eigenvalue weighted by molar-refractivity contribution is 7.10. The van der Waals surface area contributed by atoms with Crippen molar-refractivity contribution >= 4 is 39.6 Å². The van der Waals surface area contributed by atoms with Gasteiger partial charge in [-0.3, -0.25) is 14.4 Å². The lowest BCUT2D eigenvalue weighted by molar-refractivity contribution is -0.115. The number of benzene rings is 2. The van der Waals surface area contributed by atoms with Crippen molar-refractivity contribution in [3.63, 3.8) is 0 Å². The van der Waals surface area contributed by atoms with Crippen LogP contribution in [0.15, 0.2) is 70.1 Å². The van der Waals surface area contributed by atoms with Gasteiger partial charge in [0.1, 0.15) is 11.4 Å². The molecule has 0 aliphatic carbocycles. The highest BCUT2D eigenvalue weighted by Crippen LogP contribution is 2.27. The number of halogens is 1. The Morgan fingerprint density at radius 3 is 2.53 bits per heavy atom. The van der Waals surface area contributed by atoms with Crippen molar-refractivity contribution < 1.29 is 19.1 Å². The van der Waals surface area contributed by atoms with Crippen LogP contribution in [0.4, 0.5) is 10.1 Å². The monoisotopic (exact) mass is 480 g/mol. The van der Waals surface area contributed by atoms with Gasteiger partial charge < -0.3 is 15.7 Å². The van der Waals surface area contributed by atoms with Crippen LogP contribution in [0.25, 0.3) is 10.8 Å². The minimum absolute atomic E-state index is 0.00452. The number of nitroso groups, excluding NO2 is 1. The van der Waals surface area contributed by atoms with Crippen LogP contribution < -0.4 is 16.2 Å². The SMILES string of the molecule is O=Nn1c(O)c(C(=O)NCc2ccc(F)cc2)c2ccc(NC(=O)Cc3cccs3)cc2c1=O. The van der Waals surface area contributed by atoms with Crippen LogP contribution in [-0.4, -0.2) is 21.6 Å². The van der Waals surface area contributed by atoms with Crippen LogP contribution in [0.1, 0.15) is 20.8 Å². The van der Waals surface area contributed by atoms with Crippen LogP contribution in [0.3, 0.4) is 0 Å². The molecule has 2 aromatic heterocycles. The van der Waals surface area contributed by atoms with Gasteiger partial charge in [0.15, 0.2) is 0 Å². The van der Waals surface area contributed by atoms with Gasteiger partial charge in [-0.25, -0.2) is 4.39 Å². The summed E-state index contributed by atoms with van der Waals surface area (Å²) in [6.45, 7) is 0.00452. The van der Waals surface area contributed by atoms with E-state index in [1.807, 2.05) is 17.5 Å². The molecule has 0 unspecified atom stereocenters. The fourth-order valence-electron chi connectivity index (χ4n) is 3.40. The number of carbonyl (C=O) groups is 2. The maximum absolute atomic E-state index is 13.1. The summed E-state index contributed by atoms with van der Waals surface area (Å²) in [6.07, 6.45) is 0.141. The molecule has 0 aliphatic rings. The molecule has 0 spiro atoms. The molecule has 9 nitrogen and oxygen atoms in total. The van der Waals surface area contributed by atoms with Gasteiger partial charge in [0.05, 0.1) is 17.1 Å². The molecule has 4 aromatic rings. The summed E-state index contributed by atoms with van der Waals surface area (Å²) >= 11 is 1.43. The topological polar surface area (TPSA) is 130 Å². The summed E-state index contributed by atoms with van der Waals surface area (Å²) in [6, 6.07) is 13.2. The first-order valence-corrected chi connectivity index (χ1v) is 10.9. The number of fused-ring (bicyclic) bond motifs is 1. The van der Waals surface area contributed by atoms with E-state index in [9.17, 15) is 28.8 Å². The van der Waals surface area contributed by atoms with E-state index >= 15 is 0 Å². The van der Waals surface area contributed by atoms with E-state index in [-0.39, 0.29) is 45.6 Å². The summed E-state index contributed by atoms with van der Waals surface area (Å²) in [5.74, 6) is -2.44. The maximum atomic E-state index is 13.1. The summed E-state index contributed by atoms with van der Waals surface area (Å²) in [7, 11) is 0. The molecule has 3 N–H and O–H groups in total. The second kappa shape index (κ2) is 9.63. The highest BCUT2D eigenvalue weighted by atomic mass is 32.1. The van der Waals surface area contributed by atoms with Gasteiger partial charge in [0, 0.05) is 22.5 Å². The van der Waals surface area contributed by atoms with E-state index in [0.717, 1.165) is 4.88 Å². The van der Waals surface area contributed by atoms with E-state index < -0.39 is 23.2 Å². The molecule has 4 rings (SSSR count). The Hall–Kier alpha value is -4.38. The molecule has 0 radical (unpaired) electrons. The Kier molecular flexibility index (Phi) is 6.46. The van der Waals surface area contributed by atoms with Crippen molar-refractivity contribution in [2.45, 2.75) is 13.0 Å². The van der Waals surface area contributed by atoms with Gasteiger partial charge in [-0.05, 0) is 41.3 Å². The Labute approximate surface area is 195 Å². The normalized spacial score (nSPS) is 10.7. The van der Waals surface area contributed by atoms with Crippen LogP contribution in [0, 0.1) is 10.7 Å². The Morgan fingerprint density at radius 1 is 1.09 bits per heavy atom. The van der Waals surface area contributed by atoms with E-state index in [1.165, 1.54) is 53.8 Å². The molecular weight excluding hydrogens is 463 g/mol. The molecule has 0 fully saturated rings. The van der Waals surface area contributed by atoms with E-state index in [0.29, 0.717) is 5.56 Å². The lowest BCUT2D eigenvalue weighted by atomic mass is 10.0. The molecule has 172 valence electrons. The first-order chi connectivity index (χ1) is 16.4. The summed E-state index contributed by atoms with van der Waals surface area (Å²) in [5, 5.41) is 20.0. The van der Waals surface area contributed by atoms with Gasteiger partial charge in [0.2, 0.25) is 11.8 Å². The Bertz CT molecular complexity index is 1450. The fourth-order valence-corrected chi connectivity index (χ4v) is 4.11. The standard InChI is InChI=1S/C23H17FN4O5S/c24-14-5-3-13(4-6-14)12-25-21(30)20-17-8-7-15(26-19(29)11-16-2-1-9-34-16)10-18(17)22(31)28(27-33)23(20)32/h1-10,32H,11-12H2,(H,25,30)(H,26,29). The number of rotatable bonds is 7. The molecule has 2 heterocycles. The molecule has 11 heteroatoms. The average molecular weight is 480 g/mol. The molecule has 0 bridgehead atoms. The minimum Gasteiger partial charge on any atom is -0.493 e. The number of aromatic nitrogens is 1. The fraction of sp³-hybridized carbons (Fsp3) is 0.0870. The second-order valence-electron chi connectivity index (χ2n) is 7.27. The predicted octanol–water partition coefficient (Wildman–Crippen LogP) is 3.55. The van der Waals surface area contributed by atoms with Crippen molar-refractivity contribution in [1.29, 1.82) is 0 Å². The summed E-state index contributed by atoms with van der Waals surface area (Å²) in [4.78, 5) is 50.0. The maximum Gasteiger partial charge on any atom is 0.284 e. The third-order valence-electron chi connectivity index (χ3n) is 5.01. The number of nitrogens with zero attached hydrogens (tertiary/aromatic N) is 2. The van der Waals surface area contributed by atoms with Crippen LogP contribution in [0.2, 0.25) is 0 Å². The third-order valence-corrected chi connectivity index (χ3v) is 5.89. The molecule has 2 aromatic carbocycles. The highest BCUT2D eigenvalue weighted by Gasteiger charge is 2.23. The number of pyridine rings is 1. The largest absolute Gasteiger partial charge is 0.493 e. The van der Waals surface area contributed by atoms with Crippen molar-refractivity contribution in [2.75, 3.05) is 5.32 Å². The van der Waals surface area contributed by atoms with E-state index in [1.54, 1.807) is 0 Å². The van der Waals surface area contributed by atoms with E-state index in [2.05, 4.69) is 15.9 Å². The van der Waals surface area contributed by atoms with Gasteiger partial charge >= 0.3 is 0 Å². The molecule has 0 saturated carbocycles. The number of nitrogens with one attached hydrogen (secondary N) is 2. The van der Waals surface area contributed by atoms with Crippen LogP contribution in [0.5, 0.6) is 5.88 Å². The molecule has 34 heavy (non-hydrogen) atoms. The molecule has 2 amide bonds. The smallest absolute Gasteiger partial charge is 0.284 e. The number of hydrogen-bond acceptors (Lipinski definition) is 7. The zero-order valence-electron chi connectivity index (χ0n) is 17.4. The summed E-state index contributed by atoms with van der Waals surface area (Å²) in [5.41, 5.74) is -0.428. The number of hydrogen-bond donors (Lipinski definition) is 3. The predicted molar refractivity (Wildman–Crippen MR) is 125 cm³/mol. The summed E-state index contributed by atoms with van der Waals surface area (Å²) < 4.78 is 13.3. The second-order valence-corrected chi connectivity index (χ2v) is 8.30. The third kappa shape index (κ3) is 4.69. The number of carbonyl (C=O) groups excluding carboxylic acids is 2. The van der Waals surface area contributed by atoms with Gasteiger partial charge in [0.25, 0.3) is 11.5 Å². The van der Waals surface area contributed by atoms with Crippen molar-refractivity contribution in [3.8, 4) is 5.88 Å². The number of amides is 2. The Morgan fingerprint density at radius 2 is 1.85 bits per heavy atom. The zero-order chi connectivity index (χ0) is 24.2. The lowest BCUT2D eigenvalue weighted by Gasteiger charge is -2.13. The number of anilines is 1. The molecular formula is C23H17FN4O5S. The molecule has 0 aliphatic heterocycles. The molecule has 0 saturated heterocycles. The number of thiophene rings is 1. The van der Waals surface area contributed by atoms with Gasteiger partial charge in [-0.15, -0.1) is 20.9 Å². The van der Waals surface area contributed by atoms with Crippen molar-refractivity contribution in [1.82, 2.24) is 9.99 Å². The quantitative estimate of drug-likeness (QED) is 0.348. The number of aromatic hydroxyl groups is 1. The first-order valence-electron chi connectivity index (χ1n) is 9.97. The van der Waals surface area contributed by atoms with Gasteiger partial charge in [-0.1, -0.05) is 24.3 Å². The average Bonchev–Trinajstić information content (AvgIpc) is 3.32. The van der Waals surface area contributed by atoms with Crippen LogP contribution in [-0.2, 0) is 17.8 Å². The molecule has 0 atom stereocenters. The first kappa shape index (κ1) is 22.8. The van der Waals surface area contributed by atoms with Crippen LogP contribution >= 0.6 is 11.3 Å². The van der Waals surface area contributed by atoms with Crippen molar-refractivity contribution in [3.05, 3.63) is 97.1 Å². The Balaban J connectivity index is 1.66. The van der Waals surface area contributed by atoms with E-state index in [4.69, 9.17) is 0 Å². The van der Waals surface area contributed by atoms with Gasteiger partial charge in [-0.2, -0.15) is 0 Å². The lowest BCUT2D eigenvalue weighted by Crippen LogP contribution is -2.27.